The topological polar surface area (TPSA) is 55.1 Å². The molecule has 0 fully saturated rings. The lowest BCUT2D eigenvalue weighted by Gasteiger charge is -2.16. The van der Waals surface area contributed by atoms with Crippen LogP contribution < -0.4 is 11.1 Å². The van der Waals surface area contributed by atoms with Gasteiger partial charge in [-0.2, -0.15) is 0 Å². The Kier molecular flexibility index (Phi) is 4.53. The van der Waals surface area contributed by atoms with Gasteiger partial charge in [-0.05, 0) is 36.2 Å². The molecule has 0 radical (unpaired) electrons. The summed E-state index contributed by atoms with van der Waals surface area (Å²) < 4.78 is 0. The van der Waals surface area contributed by atoms with Crippen LogP contribution in [0.15, 0.2) is 42.5 Å². The Morgan fingerprint density at radius 1 is 1.21 bits per heavy atom. The number of amides is 1. The highest BCUT2D eigenvalue weighted by Crippen LogP contribution is 2.18. The first-order valence-corrected chi connectivity index (χ1v) is 6.75. The lowest BCUT2D eigenvalue weighted by Crippen LogP contribution is -2.35. The Labute approximate surface area is 113 Å². The van der Waals surface area contributed by atoms with Gasteiger partial charge in [0.15, 0.2) is 0 Å². The van der Waals surface area contributed by atoms with Gasteiger partial charge in [-0.25, -0.2) is 0 Å². The van der Waals surface area contributed by atoms with E-state index in [4.69, 9.17) is 5.73 Å². The number of benzene rings is 2. The molecule has 0 saturated heterocycles. The summed E-state index contributed by atoms with van der Waals surface area (Å²) in [6.07, 6.45) is 1.71. The largest absolute Gasteiger partial charge is 0.349 e. The molecule has 3 heteroatoms. The van der Waals surface area contributed by atoms with Crippen molar-refractivity contribution >= 4 is 16.7 Å². The molecule has 0 aliphatic carbocycles. The molecule has 0 bridgehead atoms. The Bertz CT molecular complexity index is 560. The van der Waals surface area contributed by atoms with E-state index in [2.05, 4.69) is 12.2 Å². The van der Waals surface area contributed by atoms with Crippen molar-refractivity contribution < 1.29 is 4.79 Å². The molecule has 0 heterocycles. The van der Waals surface area contributed by atoms with Gasteiger partial charge in [0.25, 0.3) is 5.91 Å². The minimum Gasteiger partial charge on any atom is -0.349 e. The van der Waals surface area contributed by atoms with Gasteiger partial charge in [-0.1, -0.05) is 43.3 Å². The third kappa shape index (κ3) is 3.12. The molecule has 2 rings (SSSR count). The molecule has 1 unspecified atom stereocenters. The van der Waals surface area contributed by atoms with E-state index in [1.807, 2.05) is 42.5 Å². The second-order valence-corrected chi connectivity index (χ2v) is 4.68. The van der Waals surface area contributed by atoms with Crippen LogP contribution in [0.1, 0.15) is 30.1 Å². The smallest absolute Gasteiger partial charge is 0.252 e. The number of hydrogen-bond acceptors (Lipinski definition) is 2. The van der Waals surface area contributed by atoms with Crippen molar-refractivity contribution in [2.24, 2.45) is 5.73 Å². The quantitative estimate of drug-likeness (QED) is 0.864. The van der Waals surface area contributed by atoms with Gasteiger partial charge in [0.05, 0.1) is 0 Å². The molecule has 0 aliphatic heterocycles. The molecule has 19 heavy (non-hydrogen) atoms. The van der Waals surface area contributed by atoms with E-state index >= 15 is 0 Å². The number of nitrogens with two attached hydrogens (primary N) is 1. The Hall–Kier alpha value is -1.87. The van der Waals surface area contributed by atoms with Crippen molar-refractivity contribution in [3.63, 3.8) is 0 Å². The van der Waals surface area contributed by atoms with Crippen molar-refractivity contribution in [2.75, 3.05) is 6.54 Å². The maximum absolute atomic E-state index is 12.4. The third-order valence-electron chi connectivity index (χ3n) is 3.38. The number of rotatable bonds is 5. The first kappa shape index (κ1) is 13.6. The molecule has 2 aromatic carbocycles. The zero-order valence-corrected chi connectivity index (χ0v) is 11.2. The highest BCUT2D eigenvalue weighted by molar-refractivity contribution is 6.07. The van der Waals surface area contributed by atoms with Crippen molar-refractivity contribution in [1.29, 1.82) is 0 Å². The molecule has 1 atom stereocenters. The molecule has 0 aromatic heterocycles. The third-order valence-corrected chi connectivity index (χ3v) is 3.38. The fourth-order valence-corrected chi connectivity index (χ4v) is 2.27. The molecular weight excluding hydrogens is 236 g/mol. The maximum Gasteiger partial charge on any atom is 0.252 e. The number of fused-ring (bicyclic) bond motifs is 1. The van der Waals surface area contributed by atoms with Gasteiger partial charge in [0, 0.05) is 11.6 Å². The SMILES string of the molecule is CCC(CCN)NC(=O)c1cccc2ccccc12. The summed E-state index contributed by atoms with van der Waals surface area (Å²) in [5.41, 5.74) is 6.29. The molecule has 2 aromatic rings. The van der Waals surface area contributed by atoms with E-state index in [-0.39, 0.29) is 11.9 Å². The summed E-state index contributed by atoms with van der Waals surface area (Å²) in [7, 11) is 0. The first-order chi connectivity index (χ1) is 9.26. The fourth-order valence-electron chi connectivity index (χ4n) is 2.27. The van der Waals surface area contributed by atoms with Gasteiger partial charge in [-0.3, -0.25) is 4.79 Å². The molecule has 1 amide bonds. The number of nitrogens with one attached hydrogen (secondary N) is 1. The number of carbonyl (C=O) groups is 1. The van der Waals surface area contributed by atoms with Gasteiger partial charge >= 0.3 is 0 Å². The average Bonchev–Trinajstić information content (AvgIpc) is 2.46. The highest BCUT2D eigenvalue weighted by Gasteiger charge is 2.13. The van der Waals surface area contributed by atoms with Crippen LogP contribution in [0.5, 0.6) is 0 Å². The van der Waals surface area contributed by atoms with Crippen LogP contribution >= 0.6 is 0 Å². The monoisotopic (exact) mass is 256 g/mol. The second-order valence-electron chi connectivity index (χ2n) is 4.68. The van der Waals surface area contributed by atoms with E-state index in [1.54, 1.807) is 0 Å². The zero-order chi connectivity index (χ0) is 13.7. The molecule has 3 nitrogen and oxygen atoms in total. The standard InChI is InChI=1S/C16H20N2O/c1-2-13(10-11-17)18-16(19)15-9-5-7-12-6-3-4-8-14(12)15/h3-9,13H,2,10-11,17H2,1H3,(H,18,19). The van der Waals surface area contributed by atoms with Gasteiger partial charge in [0.1, 0.15) is 0 Å². The predicted octanol–water partition coefficient (Wildman–Crippen LogP) is 2.70. The van der Waals surface area contributed by atoms with E-state index in [0.717, 1.165) is 29.2 Å². The van der Waals surface area contributed by atoms with Gasteiger partial charge in [0.2, 0.25) is 0 Å². The Morgan fingerprint density at radius 3 is 2.68 bits per heavy atom. The highest BCUT2D eigenvalue weighted by atomic mass is 16.1. The second kappa shape index (κ2) is 6.34. The van der Waals surface area contributed by atoms with Crippen LogP contribution in [0.4, 0.5) is 0 Å². The summed E-state index contributed by atoms with van der Waals surface area (Å²) >= 11 is 0. The summed E-state index contributed by atoms with van der Waals surface area (Å²) in [5.74, 6) is -0.0166. The summed E-state index contributed by atoms with van der Waals surface area (Å²) in [5, 5.41) is 5.13. The van der Waals surface area contributed by atoms with Gasteiger partial charge in [-0.15, -0.1) is 0 Å². The van der Waals surface area contributed by atoms with Crippen LogP contribution in [0, 0.1) is 0 Å². The van der Waals surface area contributed by atoms with Crippen molar-refractivity contribution in [1.82, 2.24) is 5.32 Å². The average molecular weight is 256 g/mol. The van der Waals surface area contributed by atoms with Crippen LogP contribution in [0.25, 0.3) is 10.8 Å². The summed E-state index contributed by atoms with van der Waals surface area (Å²) in [6.45, 7) is 2.65. The molecule has 0 aliphatic rings. The number of carbonyl (C=O) groups excluding carboxylic acids is 1. The molecular formula is C16H20N2O. The van der Waals surface area contributed by atoms with E-state index < -0.39 is 0 Å². The van der Waals surface area contributed by atoms with Crippen LogP contribution in [0.3, 0.4) is 0 Å². The molecule has 3 N–H and O–H groups in total. The van der Waals surface area contributed by atoms with Crippen LogP contribution in [0.2, 0.25) is 0 Å². The molecule has 0 spiro atoms. The molecule has 100 valence electrons. The molecule has 0 saturated carbocycles. The van der Waals surface area contributed by atoms with E-state index in [1.165, 1.54) is 0 Å². The zero-order valence-electron chi connectivity index (χ0n) is 11.2. The summed E-state index contributed by atoms with van der Waals surface area (Å²) in [4.78, 5) is 12.4. The Balaban J connectivity index is 2.26. The van der Waals surface area contributed by atoms with Crippen molar-refractivity contribution in [3.8, 4) is 0 Å². The van der Waals surface area contributed by atoms with E-state index in [0.29, 0.717) is 6.54 Å². The first-order valence-electron chi connectivity index (χ1n) is 6.75. The maximum atomic E-state index is 12.4. The van der Waals surface area contributed by atoms with Crippen LogP contribution in [-0.4, -0.2) is 18.5 Å². The minimum atomic E-state index is -0.0166. The Morgan fingerprint density at radius 2 is 1.95 bits per heavy atom. The van der Waals surface area contributed by atoms with Gasteiger partial charge < -0.3 is 11.1 Å². The van der Waals surface area contributed by atoms with E-state index in [9.17, 15) is 4.79 Å². The summed E-state index contributed by atoms with van der Waals surface area (Å²) in [6, 6.07) is 13.9. The fraction of sp³-hybridized carbons (Fsp3) is 0.312. The normalized spacial score (nSPS) is 12.3. The van der Waals surface area contributed by atoms with Crippen LogP contribution in [-0.2, 0) is 0 Å². The lowest BCUT2D eigenvalue weighted by atomic mass is 10.0. The lowest BCUT2D eigenvalue weighted by molar-refractivity contribution is 0.0936. The predicted molar refractivity (Wildman–Crippen MR) is 79.2 cm³/mol. The minimum absolute atomic E-state index is 0.0166. The van der Waals surface area contributed by atoms with Crippen molar-refractivity contribution in [2.45, 2.75) is 25.8 Å². The number of hydrogen-bond donors (Lipinski definition) is 2. The van der Waals surface area contributed by atoms with Crippen molar-refractivity contribution in [3.05, 3.63) is 48.0 Å².